The zero-order chi connectivity index (χ0) is 12.8. The van der Waals surface area contributed by atoms with Gasteiger partial charge in [-0.05, 0) is 47.9 Å². The molecule has 18 heavy (non-hydrogen) atoms. The standard InChI is InChI=1S/C12H17BrN2O3/c13-11-10(3-7-18-11)12(16)15-6-8-17-9-1-4-14-5-2-9/h3,7,9,14H,1-2,4-6,8H2,(H,15,16). The van der Waals surface area contributed by atoms with E-state index in [0.717, 1.165) is 25.9 Å². The number of carbonyl (C=O) groups is 1. The lowest BCUT2D eigenvalue weighted by Crippen LogP contribution is -2.34. The highest BCUT2D eigenvalue weighted by atomic mass is 79.9. The fourth-order valence-corrected chi connectivity index (χ4v) is 2.32. The van der Waals surface area contributed by atoms with E-state index in [2.05, 4.69) is 26.6 Å². The highest BCUT2D eigenvalue weighted by Crippen LogP contribution is 2.16. The molecule has 0 bridgehead atoms. The summed E-state index contributed by atoms with van der Waals surface area (Å²) in [5.74, 6) is -0.149. The third kappa shape index (κ3) is 3.83. The number of nitrogens with one attached hydrogen (secondary N) is 2. The van der Waals surface area contributed by atoms with Gasteiger partial charge in [-0.15, -0.1) is 0 Å². The maximum absolute atomic E-state index is 11.7. The molecular weight excluding hydrogens is 300 g/mol. The Morgan fingerprint density at radius 2 is 2.33 bits per heavy atom. The van der Waals surface area contributed by atoms with Crippen LogP contribution in [0.2, 0.25) is 0 Å². The van der Waals surface area contributed by atoms with Gasteiger partial charge in [0, 0.05) is 6.54 Å². The summed E-state index contributed by atoms with van der Waals surface area (Å²) in [6.07, 6.45) is 3.89. The third-order valence-electron chi connectivity index (χ3n) is 2.89. The first-order chi connectivity index (χ1) is 8.77. The van der Waals surface area contributed by atoms with Gasteiger partial charge < -0.3 is 19.8 Å². The number of furan rings is 1. The van der Waals surface area contributed by atoms with Crippen molar-refractivity contribution >= 4 is 21.8 Å². The SMILES string of the molecule is O=C(NCCOC1CCNCC1)c1ccoc1Br. The van der Waals surface area contributed by atoms with Gasteiger partial charge in [-0.25, -0.2) is 0 Å². The number of ether oxygens (including phenoxy) is 1. The molecule has 0 atom stereocenters. The second-order valence-electron chi connectivity index (χ2n) is 4.18. The zero-order valence-electron chi connectivity index (χ0n) is 10.1. The minimum absolute atomic E-state index is 0.149. The Labute approximate surface area is 114 Å². The predicted octanol–water partition coefficient (Wildman–Crippen LogP) is 1.54. The van der Waals surface area contributed by atoms with Crippen LogP contribution in [0.15, 0.2) is 21.4 Å². The molecule has 0 radical (unpaired) electrons. The maximum Gasteiger partial charge on any atom is 0.255 e. The van der Waals surface area contributed by atoms with Crippen LogP contribution in [-0.4, -0.2) is 38.3 Å². The molecule has 0 aromatic carbocycles. The van der Waals surface area contributed by atoms with Crippen molar-refractivity contribution in [2.75, 3.05) is 26.2 Å². The summed E-state index contributed by atoms with van der Waals surface area (Å²) in [5, 5.41) is 6.08. The molecule has 2 heterocycles. The molecule has 0 unspecified atom stereocenters. The Hall–Kier alpha value is -0.850. The number of carbonyl (C=O) groups excluding carboxylic acids is 1. The van der Waals surface area contributed by atoms with Gasteiger partial charge in [0.25, 0.3) is 5.91 Å². The molecule has 0 spiro atoms. The van der Waals surface area contributed by atoms with Crippen LogP contribution < -0.4 is 10.6 Å². The van der Waals surface area contributed by atoms with Crippen molar-refractivity contribution in [2.45, 2.75) is 18.9 Å². The molecule has 2 rings (SSSR count). The van der Waals surface area contributed by atoms with E-state index in [4.69, 9.17) is 9.15 Å². The lowest BCUT2D eigenvalue weighted by molar-refractivity contribution is 0.0343. The van der Waals surface area contributed by atoms with Crippen LogP contribution in [0.5, 0.6) is 0 Å². The third-order valence-corrected chi connectivity index (χ3v) is 3.50. The van der Waals surface area contributed by atoms with E-state index in [0.29, 0.717) is 29.5 Å². The number of halogens is 1. The normalized spacial score (nSPS) is 16.7. The molecule has 1 saturated heterocycles. The largest absolute Gasteiger partial charge is 0.457 e. The summed E-state index contributed by atoms with van der Waals surface area (Å²) in [7, 11) is 0. The Bertz CT molecular complexity index is 388. The van der Waals surface area contributed by atoms with Gasteiger partial charge in [0.05, 0.1) is 24.5 Å². The predicted molar refractivity (Wildman–Crippen MR) is 70.6 cm³/mol. The van der Waals surface area contributed by atoms with E-state index < -0.39 is 0 Å². The van der Waals surface area contributed by atoms with Gasteiger partial charge in [-0.3, -0.25) is 4.79 Å². The Morgan fingerprint density at radius 3 is 3.00 bits per heavy atom. The van der Waals surface area contributed by atoms with E-state index in [9.17, 15) is 4.79 Å². The molecule has 0 saturated carbocycles. The number of amides is 1. The van der Waals surface area contributed by atoms with Gasteiger partial charge in [0.15, 0.2) is 4.67 Å². The molecule has 1 aromatic heterocycles. The van der Waals surface area contributed by atoms with E-state index in [1.807, 2.05) is 0 Å². The fraction of sp³-hybridized carbons (Fsp3) is 0.583. The molecular formula is C12H17BrN2O3. The van der Waals surface area contributed by atoms with Gasteiger partial charge in [-0.1, -0.05) is 0 Å². The van der Waals surface area contributed by atoms with Crippen molar-refractivity contribution in [3.8, 4) is 0 Å². The van der Waals surface area contributed by atoms with Crippen molar-refractivity contribution in [3.05, 3.63) is 22.6 Å². The first kappa shape index (κ1) is 13.6. The van der Waals surface area contributed by atoms with Crippen molar-refractivity contribution in [2.24, 2.45) is 0 Å². The van der Waals surface area contributed by atoms with Gasteiger partial charge >= 0.3 is 0 Å². The lowest BCUT2D eigenvalue weighted by atomic mass is 10.1. The van der Waals surface area contributed by atoms with Crippen LogP contribution in [0.3, 0.4) is 0 Å². The van der Waals surface area contributed by atoms with Gasteiger partial charge in [0.2, 0.25) is 0 Å². The first-order valence-corrected chi connectivity index (χ1v) is 6.90. The molecule has 1 aliphatic rings. The van der Waals surface area contributed by atoms with E-state index in [1.165, 1.54) is 6.26 Å². The maximum atomic E-state index is 11.7. The Morgan fingerprint density at radius 1 is 1.56 bits per heavy atom. The van der Waals surface area contributed by atoms with Crippen LogP contribution in [0.1, 0.15) is 23.2 Å². The molecule has 1 aliphatic heterocycles. The summed E-state index contributed by atoms with van der Waals surface area (Å²) >= 11 is 3.17. The smallest absolute Gasteiger partial charge is 0.255 e. The van der Waals surface area contributed by atoms with Crippen molar-refractivity contribution in [1.82, 2.24) is 10.6 Å². The van der Waals surface area contributed by atoms with Crippen LogP contribution in [0.25, 0.3) is 0 Å². The van der Waals surface area contributed by atoms with Crippen LogP contribution in [0, 0.1) is 0 Å². The summed E-state index contributed by atoms with van der Waals surface area (Å²) < 4.78 is 11.2. The fourth-order valence-electron chi connectivity index (χ4n) is 1.90. The zero-order valence-corrected chi connectivity index (χ0v) is 11.7. The Kier molecular flexibility index (Phi) is 5.22. The number of rotatable bonds is 5. The highest BCUT2D eigenvalue weighted by molar-refractivity contribution is 9.10. The summed E-state index contributed by atoms with van der Waals surface area (Å²) in [6, 6.07) is 1.63. The molecule has 1 aromatic rings. The second kappa shape index (κ2) is 6.92. The van der Waals surface area contributed by atoms with Crippen molar-refractivity contribution in [1.29, 1.82) is 0 Å². The molecule has 2 N–H and O–H groups in total. The van der Waals surface area contributed by atoms with Crippen molar-refractivity contribution < 1.29 is 13.9 Å². The molecule has 1 amide bonds. The lowest BCUT2D eigenvalue weighted by Gasteiger charge is -2.22. The van der Waals surface area contributed by atoms with Crippen LogP contribution >= 0.6 is 15.9 Å². The number of hydrogen-bond donors (Lipinski definition) is 2. The molecule has 1 fully saturated rings. The summed E-state index contributed by atoms with van der Waals surface area (Å²) in [4.78, 5) is 11.7. The second-order valence-corrected chi connectivity index (χ2v) is 4.90. The average Bonchev–Trinajstić information content (AvgIpc) is 2.82. The molecule has 100 valence electrons. The molecule has 6 heteroatoms. The van der Waals surface area contributed by atoms with E-state index >= 15 is 0 Å². The van der Waals surface area contributed by atoms with Gasteiger partial charge in [0.1, 0.15) is 0 Å². The quantitative estimate of drug-likeness (QED) is 0.809. The van der Waals surface area contributed by atoms with Gasteiger partial charge in [-0.2, -0.15) is 0 Å². The van der Waals surface area contributed by atoms with Crippen LogP contribution in [0.4, 0.5) is 0 Å². The highest BCUT2D eigenvalue weighted by Gasteiger charge is 2.14. The van der Waals surface area contributed by atoms with E-state index in [1.54, 1.807) is 6.07 Å². The monoisotopic (exact) mass is 316 g/mol. The number of piperidine rings is 1. The molecule has 0 aliphatic carbocycles. The van der Waals surface area contributed by atoms with E-state index in [-0.39, 0.29) is 5.91 Å². The number of hydrogen-bond acceptors (Lipinski definition) is 4. The van der Waals surface area contributed by atoms with Crippen molar-refractivity contribution in [3.63, 3.8) is 0 Å². The summed E-state index contributed by atoms with van der Waals surface area (Å²) in [5.41, 5.74) is 0.511. The molecule has 5 nitrogen and oxygen atoms in total. The van der Waals surface area contributed by atoms with Crippen LogP contribution in [-0.2, 0) is 4.74 Å². The topological polar surface area (TPSA) is 63.5 Å². The minimum atomic E-state index is -0.149. The Balaban J connectivity index is 1.63. The minimum Gasteiger partial charge on any atom is -0.457 e. The average molecular weight is 317 g/mol. The first-order valence-electron chi connectivity index (χ1n) is 6.11. The summed E-state index contributed by atoms with van der Waals surface area (Å²) in [6.45, 7) is 3.09.